The van der Waals surface area contributed by atoms with Gasteiger partial charge in [0.15, 0.2) is 5.96 Å². The second-order valence-electron chi connectivity index (χ2n) is 8.82. The number of amides is 1. The number of piperidine rings is 1. The zero-order valence-electron chi connectivity index (χ0n) is 20.8. The molecule has 33 heavy (non-hydrogen) atoms. The van der Waals surface area contributed by atoms with Crippen molar-refractivity contribution in [3.8, 4) is 5.69 Å². The second-order valence-corrected chi connectivity index (χ2v) is 8.82. The number of nitrogens with zero attached hydrogens (tertiary/aromatic N) is 6. The number of carbonyl (C=O) groups is 1. The molecule has 1 amide bonds. The van der Waals surface area contributed by atoms with Gasteiger partial charge in [0, 0.05) is 69.5 Å². The Morgan fingerprint density at radius 1 is 1.06 bits per heavy atom. The second kappa shape index (κ2) is 12.4. The summed E-state index contributed by atoms with van der Waals surface area (Å²) in [7, 11) is 1.94. The molecular formula is C26H40N6O. The van der Waals surface area contributed by atoms with E-state index in [4.69, 9.17) is 4.99 Å². The summed E-state index contributed by atoms with van der Waals surface area (Å²) in [5, 5.41) is 0. The minimum absolute atomic E-state index is 0.0871. The number of carbonyl (C=O) groups excluding carboxylic acids is 1. The average Bonchev–Trinajstić information content (AvgIpc) is 3.39. The normalized spacial score (nSPS) is 15.0. The Kier molecular flexibility index (Phi) is 9.34. The van der Waals surface area contributed by atoms with Crippen LogP contribution in [0.15, 0.2) is 48.0 Å². The van der Waals surface area contributed by atoms with E-state index in [-0.39, 0.29) is 11.9 Å². The van der Waals surface area contributed by atoms with Gasteiger partial charge in [-0.1, -0.05) is 20.8 Å². The van der Waals surface area contributed by atoms with Crippen LogP contribution in [0.3, 0.4) is 0 Å². The lowest BCUT2D eigenvalue weighted by atomic mass is 10.0. The van der Waals surface area contributed by atoms with E-state index >= 15 is 0 Å². The Hall–Kier alpha value is -2.83. The Bertz CT molecular complexity index is 863. The average molecular weight is 453 g/mol. The maximum absolute atomic E-state index is 13.1. The lowest BCUT2D eigenvalue weighted by Gasteiger charge is -2.41. The number of aliphatic imine (C=N–C) groups is 1. The van der Waals surface area contributed by atoms with Crippen molar-refractivity contribution in [1.29, 1.82) is 0 Å². The number of benzene rings is 1. The third kappa shape index (κ3) is 6.36. The van der Waals surface area contributed by atoms with Crippen LogP contribution in [0.4, 0.5) is 0 Å². The Morgan fingerprint density at radius 3 is 2.27 bits per heavy atom. The van der Waals surface area contributed by atoms with E-state index in [1.165, 1.54) is 0 Å². The van der Waals surface area contributed by atoms with Gasteiger partial charge in [-0.25, -0.2) is 4.98 Å². The van der Waals surface area contributed by atoms with E-state index < -0.39 is 0 Å². The van der Waals surface area contributed by atoms with E-state index in [1.807, 2.05) is 47.0 Å². The van der Waals surface area contributed by atoms with E-state index in [2.05, 4.69) is 35.6 Å². The molecule has 2 heterocycles. The molecule has 1 saturated heterocycles. The minimum Gasteiger partial charge on any atom is -0.343 e. The molecule has 0 radical (unpaired) electrons. The van der Waals surface area contributed by atoms with E-state index in [1.54, 1.807) is 12.5 Å². The molecule has 0 aliphatic carbocycles. The van der Waals surface area contributed by atoms with Gasteiger partial charge in [-0.15, -0.1) is 0 Å². The number of rotatable bonds is 9. The summed E-state index contributed by atoms with van der Waals surface area (Å²) in [4.78, 5) is 29.0. The Labute approximate surface area is 199 Å². The molecule has 7 nitrogen and oxygen atoms in total. The van der Waals surface area contributed by atoms with Gasteiger partial charge < -0.3 is 19.3 Å². The number of aromatic nitrogens is 2. The topological polar surface area (TPSA) is 57.0 Å². The van der Waals surface area contributed by atoms with Gasteiger partial charge in [-0.3, -0.25) is 9.79 Å². The standard InChI is InChI=1S/C26H40N6O/c1-5-14-28-26(30(16-6-2)17-7-3)31-18-12-23(13-19-31)29(4)25(33)22-8-10-24(11-9-22)32-20-15-27-21-32/h8-11,15,20-21,23H,5-7,12-14,16-19H2,1-4H3. The lowest BCUT2D eigenvalue weighted by molar-refractivity contribution is 0.0672. The third-order valence-electron chi connectivity index (χ3n) is 6.28. The van der Waals surface area contributed by atoms with Crippen LogP contribution in [-0.4, -0.2) is 81.9 Å². The fourth-order valence-corrected chi connectivity index (χ4v) is 4.47. The van der Waals surface area contributed by atoms with Crippen molar-refractivity contribution >= 4 is 11.9 Å². The van der Waals surface area contributed by atoms with E-state index in [0.29, 0.717) is 0 Å². The summed E-state index contributed by atoms with van der Waals surface area (Å²) in [6.07, 6.45) is 10.6. The molecule has 2 aromatic rings. The van der Waals surface area contributed by atoms with Crippen LogP contribution in [0.25, 0.3) is 5.69 Å². The summed E-state index contributed by atoms with van der Waals surface area (Å²) in [5.41, 5.74) is 1.73. The van der Waals surface area contributed by atoms with Crippen LogP contribution in [0.1, 0.15) is 63.2 Å². The van der Waals surface area contributed by atoms with E-state index in [9.17, 15) is 4.79 Å². The SMILES string of the molecule is CCCN=C(N(CCC)CCC)N1CCC(N(C)C(=O)c2ccc(-n3ccnc3)cc2)CC1. The van der Waals surface area contributed by atoms with Crippen molar-refractivity contribution in [2.45, 2.75) is 58.9 Å². The Balaban J connectivity index is 1.62. The fraction of sp³-hybridized carbons (Fsp3) is 0.577. The predicted molar refractivity (Wildman–Crippen MR) is 135 cm³/mol. The first-order valence-electron chi connectivity index (χ1n) is 12.5. The van der Waals surface area contributed by atoms with Gasteiger partial charge in [-0.05, 0) is 56.4 Å². The summed E-state index contributed by atoms with van der Waals surface area (Å²) in [5.74, 6) is 1.24. The molecule has 1 aromatic carbocycles. The molecule has 0 spiro atoms. The van der Waals surface area contributed by atoms with Crippen LogP contribution in [0.5, 0.6) is 0 Å². The molecule has 0 saturated carbocycles. The molecule has 0 N–H and O–H groups in total. The predicted octanol–water partition coefficient (Wildman–Crippen LogP) is 4.30. The van der Waals surface area contributed by atoms with Crippen molar-refractivity contribution in [1.82, 2.24) is 24.3 Å². The van der Waals surface area contributed by atoms with Gasteiger partial charge in [0.2, 0.25) is 0 Å². The zero-order valence-corrected chi connectivity index (χ0v) is 20.8. The van der Waals surface area contributed by atoms with E-state index in [0.717, 1.165) is 82.0 Å². The summed E-state index contributed by atoms with van der Waals surface area (Å²) < 4.78 is 1.94. The summed E-state index contributed by atoms with van der Waals surface area (Å²) in [6.45, 7) is 11.5. The van der Waals surface area contributed by atoms with Crippen LogP contribution < -0.4 is 0 Å². The Morgan fingerprint density at radius 2 is 1.73 bits per heavy atom. The summed E-state index contributed by atoms with van der Waals surface area (Å²) in [6, 6.07) is 8.01. The maximum atomic E-state index is 13.1. The highest BCUT2D eigenvalue weighted by Gasteiger charge is 2.28. The molecule has 1 aliphatic rings. The molecule has 0 bridgehead atoms. The molecule has 180 valence electrons. The van der Waals surface area contributed by atoms with Gasteiger partial charge in [0.1, 0.15) is 0 Å². The van der Waals surface area contributed by atoms with Crippen molar-refractivity contribution in [2.75, 3.05) is 39.8 Å². The molecule has 0 atom stereocenters. The van der Waals surface area contributed by atoms with Gasteiger partial charge >= 0.3 is 0 Å². The van der Waals surface area contributed by atoms with Crippen molar-refractivity contribution in [2.24, 2.45) is 4.99 Å². The highest BCUT2D eigenvalue weighted by Crippen LogP contribution is 2.20. The number of hydrogen-bond donors (Lipinski definition) is 0. The van der Waals surface area contributed by atoms with Gasteiger partial charge in [0.25, 0.3) is 5.91 Å². The number of guanidine groups is 1. The molecule has 1 fully saturated rings. The maximum Gasteiger partial charge on any atom is 0.253 e. The summed E-state index contributed by atoms with van der Waals surface area (Å²) >= 11 is 0. The van der Waals surface area contributed by atoms with Crippen LogP contribution in [0, 0.1) is 0 Å². The van der Waals surface area contributed by atoms with Gasteiger partial charge in [-0.2, -0.15) is 0 Å². The van der Waals surface area contributed by atoms with Crippen LogP contribution in [0.2, 0.25) is 0 Å². The molecule has 1 aromatic heterocycles. The smallest absolute Gasteiger partial charge is 0.253 e. The highest BCUT2D eigenvalue weighted by molar-refractivity contribution is 5.94. The first-order chi connectivity index (χ1) is 16.1. The number of likely N-dealkylation sites (tertiary alicyclic amines) is 1. The highest BCUT2D eigenvalue weighted by atomic mass is 16.2. The molecule has 1 aliphatic heterocycles. The molecule has 3 rings (SSSR count). The monoisotopic (exact) mass is 452 g/mol. The number of imidazole rings is 1. The molecule has 0 unspecified atom stereocenters. The number of hydrogen-bond acceptors (Lipinski definition) is 3. The lowest BCUT2D eigenvalue weighted by Crippen LogP contribution is -2.52. The van der Waals surface area contributed by atoms with Crippen LogP contribution in [-0.2, 0) is 0 Å². The quantitative estimate of drug-likeness (QED) is 0.421. The van der Waals surface area contributed by atoms with Crippen molar-refractivity contribution in [3.63, 3.8) is 0 Å². The fourth-order valence-electron chi connectivity index (χ4n) is 4.47. The van der Waals surface area contributed by atoms with Gasteiger partial charge in [0.05, 0.1) is 6.33 Å². The molecule has 7 heteroatoms. The first-order valence-corrected chi connectivity index (χ1v) is 12.5. The molecular weight excluding hydrogens is 412 g/mol. The van der Waals surface area contributed by atoms with Crippen molar-refractivity contribution in [3.05, 3.63) is 48.5 Å². The third-order valence-corrected chi connectivity index (χ3v) is 6.28. The van der Waals surface area contributed by atoms with Crippen molar-refractivity contribution < 1.29 is 4.79 Å². The largest absolute Gasteiger partial charge is 0.343 e. The van der Waals surface area contributed by atoms with Crippen LogP contribution >= 0.6 is 0 Å². The first kappa shape index (κ1) is 24.8. The zero-order chi connectivity index (χ0) is 23.6. The minimum atomic E-state index is 0.0871.